The molecule has 2 heterocycles. The van der Waals surface area contributed by atoms with Gasteiger partial charge in [0.2, 0.25) is 5.91 Å². The minimum atomic E-state index is -4.61. The number of anilines is 1. The molecular formula is C18H20BClF3N3O3. The SMILES string of the molecule is CC1(C)OB(c2cnn(CC(=O)Nc3ccc(Cl)c(C(F)(F)F)c3)c2)OC1(C)C. The van der Waals surface area contributed by atoms with Gasteiger partial charge in [-0.15, -0.1) is 0 Å². The molecule has 2 aromatic rings. The molecule has 1 saturated heterocycles. The zero-order valence-electron chi connectivity index (χ0n) is 16.3. The summed E-state index contributed by atoms with van der Waals surface area (Å²) >= 11 is 5.58. The van der Waals surface area contributed by atoms with Crippen LogP contribution in [0.3, 0.4) is 0 Å². The number of carbonyl (C=O) groups excluding carboxylic acids is 1. The van der Waals surface area contributed by atoms with Crippen molar-refractivity contribution in [1.82, 2.24) is 9.78 Å². The average Bonchev–Trinajstić information content (AvgIpc) is 3.10. The Balaban J connectivity index is 1.66. The quantitative estimate of drug-likeness (QED) is 0.756. The van der Waals surface area contributed by atoms with Crippen LogP contribution in [-0.4, -0.2) is 34.0 Å². The molecule has 0 atom stereocenters. The number of nitrogens with one attached hydrogen (secondary N) is 1. The van der Waals surface area contributed by atoms with Crippen LogP contribution in [0, 0.1) is 0 Å². The Kier molecular flexibility index (Phi) is 5.48. The van der Waals surface area contributed by atoms with E-state index in [1.54, 1.807) is 6.20 Å². The minimum Gasteiger partial charge on any atom is -0.399 e. The lowest BCUT2D eigenvalue weighted by Crippen LogP contribution is -2.41. The fourth-order valence-corrected chi connectivity index (χ4v) is 2.96. The molecular weight excluding hydrogens is 409 g/mol. The molecule has 29 heavy (non-hydrogen) atoms. The summed E-state index contributed by atoms with van der Waals surface area (Å²) in [6, 6.07) is 3.18. The molecule has 1 aliphatic heterocycles. The van der Waals surface area contributed by atoms with Crippen LogP contribution in [0.2, 0.25) is 5.02 Å². The zero-order chi connectivity index (χ0) is 21.6. The first kappa shape index (κ1) is 21.7. The predicted molar refractivity (Wildman–Crippen MR) is 103 cm³/mol. The first-order valence-corrected chi connectivity index (χ1v) is 9.21. The molecule has 0 aliphatic carbocycles. The van der Waals surface area contributed by atoms with Crippen molar-refractivity contribution < 1.29 is 27.3 Å². The summed E-state index contributed by atoms with van der Waals surface area (Å²) in [6.45, 7) is 7.50. The minimum absolute atomic E-state index is 0.00920. The second kappa shape index (κ2) is 7.34. The number of alkyl halides is 3. The number of aromatic nitrogens is 2. The van der Waals surface area contributed by atoms with E-state index in [1.807, 2.05) is 27.7 Å². The first-order valence-electron chi connectivity index (χ1n) is 8.83. The van der Waals surface area contributed by atoms with E-state index in [-0.39, 0.29) is 12.2 Å². The number of rotatable bonds is 4. The Morgan fingerprint density at radius 1 is 1.24 bits per heavy atom. The van der Waals surface area contributed by atoms with Gasteiger partial charge in [0.05, 0.1) is 21.8 Å². The van der Waals surface area contributed by atoms with Gasteiger partial charge in [-0.05, 0) is 45.9 Å². The highest BCUT2D eigenvalue weighted by Gasteiger charge is 2.52. The van der Waals surface area contributed by atoms with Gasteiger partial charge < -0.3 is 14.6 Å². The van der Waals surface area contributed by atoms with Gasteiger partial charge in [-0.25, -0.2) is 0 Å². The number of hydrogen-bond acceptors (Lipinski definition) is 4. The Morgan fingerprint density at radius 3 is 2.45 bits per heavy atom. The van der Waals surface area contributed by atoms with E-state index >= 15 is 0 Å². The van der Waals surface area contributed by atoms with Crippen molar-refractivity contribution in [2.45, 2.75) is 51.6 Å². The predicted octanol–water partition coefficient (Wildman–Crippen LogP) is 3.49. The third kappa shape index (κ3) is 4.60. The van der Waals surface area contributed by atoms with Crippen molar-refractivity contribution in [3.05, 3.63) is 41.2 Å². The molecule has 1 N–H and O–H groups in total. The molecule has 0 unspecified atom stereocenters. The van der Waals surface area contributed by atoms with Crippen LogP contribution in [0.25, 0.3) is 0 Å². The van der Waals surface area contributed by atoms with Gasteiger partial charge in [-0.1, -0.05) is 11.6 Å². The van der Waals surface area contributed by atoms with Crippen LogP contribution >= 0.6 is 11.6 Å². The monoisotopic (exact) mass is 429 g/mol. The molecule has 11 heteroatoms. The van der Waals surface area contributed by atoms with Crippen LogP contribution in [-0.2, 0) is 26.8 Å². The molecule has 0 bridgehead atoms. The number of carbonyl (C=O) groups is 1. The lowest BCUT2D eigenvalue weighted by atomic mass is 9.82. The second-order valence-electron chi connectivity index (χ2n) is 7.80. The Bertz CT molecular complexity index is 915. The summed E-state index contributed by atoms with van der Waals surface area (Å²) in [5.74, 6) is -0.538. The van der Waals surface area contributed by atoms with E-state index in [0.717, 1.165) is 12.1 Å². The van der Waals surface area contributed by atoms with Crippen molar-refractivity contribution in [3.63, 3.8) is 0 Å². The van der Waals surface area contributed by atoms with Gasteiger partial charge in [0.15, 0.2) is 0 Å². The van der Waals surface area contributed by atoms with Crippen molar-refractivity contribution in [2.75, 3.05) is 5.32 Å². The maximum absolute atomic E-state index is 12.9. The topological polar surface area (TPSA) is 65.4 Å². The summed E-state index contributed by atoms with van der Waals surface area (Å²) in [5, 5.41) is 6.08. The van der Waals surface area contributed by atoms with Crippen molar-refractivity contribution >= 4 is 35.8 Å². The zero-order valence-corrected chi connectivity index (χ0v) is 17.1. The van der Waals surface area contributed by atoms with E-state index in [2.05, 4.69) is 10.4 Å². The van der Waals surface area contributed by atoms with Gasteiger partial charge in [-0.3, -0.25) is 9.48 Å². The van der Waals surface area contributed by atoms with Gasteiger partial charge in [0.1, 0.15) is 6.54 Å². The number of amides is 1. The number of halogens is 4. The lowest BCUT2D eigenvalue weighted by Gasteiger charge is -2.32. The van der Waals surface area contributed by atoms with E-state index in [4.69, 9.17) is 20.9 Å². The molecule has 0 radical (unpaired) electrons. The van der Waals surface area contributed by atoms with Gasteiger partial charge in [0.25, 0.3) is 0 Å². The van der Waals surface area contributed by atoms with E-state index < -0.39 is 41.0 Å². The summed E-state index contributed by atoms with van der Waals surface area (Å²) < 4.78 is 52.0. The number of benzene rings is 1. The van der Waals surface area contributed by atoms with Crippen molar-refractivity contribution in [3.8, 4) is 0 Å². The van der Waals surface area contributed by atoms with E-state index in [1.165, 1.54) is 16.9 Å². The standard InChI is InChI=1S/C18H20BClF3N3O3/c1-16(2)17(3,4)29-19(28-16)11-8-24-26(9-11)10-15(27)25-12-5-6-14(20)13(7-12)18(21,22)23/h5-9H,10H2,1-4H3,(H,25,27). The third-order valence-electron chi connectivity index (χ3n) is 5.04. The molecule has 1 fully saturated rings. The maximum Gasteiger partial charge on any atom is 0.498 e. The van der Waals surface area contributed by atoms with E-state index in [0.29, 0.717) is 5.46 Å². The molecule has 0 saturated carbocycles. The highest BCUT2D eigenvalue weighted by atomic mass is 35.5. The molecule has 1 aromatic heterocycles. The van der Waals surface area contributed by atoms with E-state index in [9.17, 15) is 18.0 Å². The first-order chi connectivity index (χ1) is 13.3. The molecule has 6 nitrogen and oxygen atoms in total. The van der Waals surface area contributed by atoms with Gasteiger partial charge >= 0.3 is 13.3 Å². The summed E-state index contributed by atoms with van der Waals surface area (Å²) in [5.41, 5.74) is -1.41. The van der Waals surface area contributed by atoms with Gasteiger partial charge in [0, 0.05) is 23.5 Å². The Morgan fingerprint density at radius 2 is 1.86 bits per heavy atom. The summed E-state index contributed by atoms with van der Waals surface area (Å²) in [7, 11) is -0.623. The molecule has 156 valence electrons. The Labute approximate surface area is 171 Å². The highest BCUT2D eigenvalue weighted by Crippen LogP contribution is 2.37. The summed E-state index contributed by atoms with van der Waals surface area (Å²) in [4.78, 5) is 12.2. The number of nitrogens with zero attached hydrogens (tertiary/aromatic N) is 2. The Hall–Kier alpha value is -2.04. The normalized spacial score (nSPS) is 18.1. The van der Waals surface area contributed by atoms with Crippen LogP contribution in [0.5, 0.6) is 0 Å². The fraction of sp³-hybridized carbons (Fsp3) is 0.444. The van der Waals surface area contributed by atoms with Gasteiger partial charge in [-0.2, -0.15) is 18.3 Å². The number of hydrogen-bond donors (Lipinski definition) is 1. The van der Waals surface area contributed by atoms with Crippen LogP contribution in [0.4, 0.5) is 18.9 Å². The molecule has 1 aromatic carbocycles. The molecule has 1 amide bonds. The smallest absolute Gasteiger partial charge is 0.399 e. The molecule has 1 aliphatic rings. The summed E-state index contributed by atoms with van der Waals surface area (Å²) in [6.07, 6.45) is -1.48. The molecule has 0 spiro atoms. The maximum atomic E-state index is 12.9. The highest BCUT2D eigenvalue weighted by molar-refractivity contribution is 6.62. The third-order valence-corrected chi connectivity index (χ3v) is 5.37. The fourth-order valence-electron chi connectivity index (χ4n) is 2.73. The average molecular weight is 430 g/mol. The van der Waals surface area contributed by atoms with Crippen LogP contribution < -0.4 is 10.8 Å². The van der Waals surface area contributed by atoms with Crippen molar-refractivity contribution in [1.29, 1.82) is 0 Å². The molecule has 3 rings (SSSR count). The lowest BCUT2D eigenvalue weighted by molar-refractivity contribution is -0.137. The second-order valence-corrected chi connectivity index (χ2v) is 8.21. The largest absolute Gasteiger partial charge is 0.498 e. The van der Waals surface area contributed by atoms with Crippen molar-refractivity contribution in [2.24, 2.45) is 0 Å². The van der Waals surface area contributed by atoms with Crippen LogP contribution in [0.1, 0.15) is 33.3 Å². The van der Waals surface area contributed by atoms with Crippen LogP contribution in [0.15, 0.2) is 30.6 Å².